The summed E-state index contributed by atoms with van der Waals surface area (Å²) in [6.07, 6.45) is 5.18. The van der Waals surface area contributed by atoms with E-state index in [1.54, 1.807) is 23.5 Å². The second-order valence-electron chi connectivity index (χ2n) is 4.76. The standard InChI is InChI=1S/C17H13BrN4OS/c18-16-9-8-15(24-16)13-11-14(21-20-13)17(23)22-19-10-4-7-12-5-2-1-3-6-12/h1-11H,(H,20,21)(H,22,23)/b7-4+,19-10-. The summed E-state index contributed by atoms with van der Waals surface area (Å²) in [4.78, 5) is 13.0. The monoisotopic (exact) mass is 400 g/mol. The summed E-state index contributed by atoms with van der Waals surface area (Å²) in [5.74, 6) is -0.363. The maximum atomic E-state index is 12.0. The van der Waals surface area contributed by atoms with Crippen molar-refractivity contribution in [3.05, 3.63) is 69.7 Å². The number of aromatic amines is 1. The molecule has 3 rings (SSSR count). The van der Waals surface area contributed by atoms with Gasteiger partial charge in [-0.2, -0.15) is 10.2 Å². The van der Waals surface area contributed by atoms with Gasteiger partial charge in [0.25, 0.3) is 5.91 Å². The number of hydrazone groups is 1. The molecule has 120 valence electrons. The van der Waals surface area contributed by atoms with Crippen molar-refractivity contribution in [1.82, 2.24) is 15.6 Å². The number of H-pyrrole nitrogens is 1. The van der Waals surface area contributed by atoms with Crippen LogP contribution >= 0.6 is 27.3 Å². The molecular weight excluding hydrogens is 388 g/mol. The summed E-state index contributed by atoms with van der Waals surface area (Å²) >= 11 is 4.97. The fourth-order valence-corrected chi connectivity index (χ4v) is 3.29. The van der Waals surface area contributed by atoms with E-state index in [0.717, 1.165) is 19.9 Å². The normalized spacial score (nSPS) is 11.4. The number of nitrogens with zero attached hydrogens (tertiary/aromatic N) is 2. The van der Waals surface area contributed by atoms with E-state index in [2.05, 4.69) is 36.7 Å². The van der Waals surface area contributed by atoms with Gasteiger partial charge in [0.2, 0.25) is 0 Å². The van der Waals surface area contributed by atoms with Crippen molar-refractivity contribution < 1.29 is 4.79 Å². The molecule has 1 amide bonds. The van der Waals surface area contributed by atoms with Crippen LogP contribution in [0.5, 0.6) is 0 Å². The van der Waals surface area contributed by atoms with Gasteiger partial charge < -0.3 is 0 Å². The quantitative estimate of drug-likeness (QED) is 0.494. The van der Waals surface area contributed by atoms with Crippen LogP contribution in [0.15, 0.2) is 63.5 Å². The molecular formula is C17H13BrN4OS. The van der Waals surface area contributed by atoms with Crippen LogP contribution in [0.2, 0.25) is 0 Å². The Labute approximate surface area is 151 Å². The van der Waals surface area contributed by atoms with Crippen molar-refractivity contribution in [3.8, 4) is 10.6 Å². The van der Waals surface area contributed by atoms with E-state index < -0.39 is 0 Å². The summed E-state index contributed by atoms with van der Waals surface area (Å²) in [5.41, 5.74) is 4.60. The number of amides is 1. The van der Waals surface area contributed by atoms with Crippen LogP contribution in [-0.2, 0) is 0 Å². The average Bonchev–Trinajstić information content (AvgIpc) is 3.24. The van der Waals surface area contributed by atoms with Crippen molar-refractivity contribution >= 4 is 45.5 Å². The topological polar surface area (TPSA) is 70.1 Å². The highest BCUT2D eigenvalue weighted by atomic mass is 79.9. The van der Waals surface area contributed by atoms with Crippen LogP contribution in [0.3, 0.4) is 0 Å². The molecule has 0 bridgehead atoms. The molecule has 0 aliphatic heterocycles. The Kier molecular flexibility index (Phi) is 5.35. The minimum absolute atomic E-state index is 0.290. The number of hydrogen-bond acceptors (Lipinski definition) is 4. The summed E-state index contributed by atoms with van der Waals surface area (Å²) in [6.45, 7) is 0. The number of aromatic nitrogens is 2. The zero-order valence-corrected chi connectivity index (χ0v) is 14.8. The number of hydrogen-bond donors (Lipinski definition) is 2. The van der Waals surface area contributed by atoms with Gasteiger partial charge in [-0.1, -0.05) is 36.4 Å². The van der Waals surface area contributed by atoms with Gasteiger partial charge in [0.05, 0.1) is 14.4 Å². The lowest BCUT2D eigenvalue weighted by Crippen LogP contribution is -2.17. The number of carbonyl (C=O) groups excluding carboxylic acids is 1. The third-order valence-electron chi connectivity index (χ3n) is 3.06. The molecule has 7 heteroatoms. The summed E-state index contributed by atoms with van der Waals surface area (Å²) in [7, 11) is 0. The molecule has 0 saturated carbocycles. The van der Waals surface area contributed by atoms with Gasteiger partial charge in [0.1, 0.15) is 0 Å². The maximum Gasteiger partial charge on any atom is 0.291 e. The van der Waals surface area contributed by atoms with Crippen LogP contribution in [-0.4, -0.2) is 22.3 Å². The molecule has 1 aromatic carbocycles. The Hall–Kier alpha value is -2.51. The Bertz CT molecular complexity index is 883. The molecule has 5 nitrogen and oxygen atoms in total. The lowest BCUT2D eigenvalue weighted by Gasteiger charge is -1.93. The summed E-state index contributed by atoms with van der Waals surface area (Å²) in [5, 5.41) is 10.7. The lowest BCUT2D eigenvalue weighted by molar-refractivity contribution is 0.0950. The first-order valence-corrected chi connectivity index (χ1v) is 8.69. The van der Waals surface area contributed by atoms with Gasteiger partial charge in [-0.15, -0.1) is 11.3 Å². The number of rotatable bonds is 5. The molecule has 0 aliphatic carbocycles. The number of allylic oxidation sites excluding steroid dienone is 1. The maximum absolute atomic E-state index is 12.0. The van der Waals surface area contributed by atoms with E-state index in [9.17, 15) is 4.79 Å². The average molecular weight is 401 g/mol. The van der Waals surface area contributed by atoms with Gasteiger partial charge in [-0.3, -0.25) is 9.89 Å². The van der Waals surface area contributed by atoms with Crippen LogP contribution in [0, 0.1) is 0 Å². The first-order chi connectivity index (χ1) is 11.7. The third-order valence-corrected chi connectivity index (χ3v) is 4.72. The predicted octanol–water partition coefficient (Wildman–Crippen LogP) is 4.33. The molecule has 0 saturated heterocycles. The first-order valence-electron chi connectivity index (χ1n) is 7.08. The number of nitrogens with one attached hydrogen (secondary N) is 2. The van der Waals surface area contributed by atoms with Gasteiger partial charge in [-0.25, -0.2) is 5.43 Å². The minimum Gasteiger partial charge on any atom is -0.276 e. The number of benzene rings is 1. The zero-order chi connectivity index (χ0) is 16.8. The van der Waals surface area contributed by atoms with E-state index in [1.165, 1.54) is 6.21 Å². The van der Waals surface area contributed by atoms with E-state index in [0.29, 0.717) is 5.69 Å². The van der Waals surface area contributed by atoms with Crippen LogP contribution in [0.1, 0.15) is 16.1 Å². The largest absolute Gasteiger partial charge is 0.291 e. The minimum atomic E-state index is -0.363. The molecule has 2 heterocycles. The number of halogens is 1. The van der Waals surface area contributed by atoms with Crippen molar-refractivity contribution in [2.45, 2.75) is 0 Å². The van der Waals surface area contributed by atoms with Crippen molar-refractivity contribution in [2.75, 3.05) is 0 Å². The fourth-order valence-electron chi connectivity index (χ4n) is 1.94. The highest BCUT2D eigenvalue weighted by Crippen LogP contribution is 2.30. The summed E-state index contributed by atoms with van der Waals surface area (Å²) in [6, 6.07) is 15.4. The molecule has 0 aliphatic rings. The lowest BCUT2D eigenvalue weighted by atomic mass is 10.2. The molecule has 3 aromatic rings. The molecule has 2 N–H and O–H groups in total. The van der Waals surface area contributed by atoms with Crippen molar-refractivity contribution in [2.24, 2.45) is 5.10 Å². The molecule has 24 heavy (non-hydrogen) atoms. The highest BCUT2D eigenvalue weighted by molar-refractivity contribution is 9.11. The Morgan fingerprint density at radius 1 is 1.25 bits per heavy atom. The second-order valence-corrected chi connectivity index (χ2v) is 7.22. The zero-order valence-electron chi connectivity index (χ0n) is 12.4. The van der Waals surface area contributed by atoms with Crippen LogP contribution < -0.4 is 5.43 Å². The molecule has 0 atom stereocenters. The molecule has 0 radical (unpaired) electrons. The van der Waals surface area contributed by atoms with Gasteiger partial charge >= 0.3 is 0 Å². The Morgan fingerprint density at radius 3 is 2.83 bits per heavy atom. The molecule has 0 fully saturated rings. The van der Waals surface area contributed by atoms with E-state index in [4.69, 9.17) is 0 Å². The van der Waals surface area contributed by atoms with E-state index in [-0.39, 0.29) is 5.91 Å². The van der Waals surface area contributed by atoms with Crippen molar-refractivity contribution in [3.63, 3.8) is 0 Å². The third kappa shape index (κ3) is 4.27. The predicted molar refractivity (Wildman–Crippen MR) is 101 cm³/mol. The van der Waals surface area contributed by atoms with Crippen molar-refractivity contribution in [1.29, 1.82) is 0 Å². The van der Waals surface area contributed by atoms with Crippen LogP contribution in [0.25, 0.3) is 16.6 Å². The number of carbonyl (C=O) groups is 1. The van der Waals surface area contributed by atoms with Gasteiger partial charge in [0, 0.05) is 6.21 Å². The van der Waals surface area contributed by atoms with E-state index in [1.807, 2.05) is 48.5 Å². The molecule has 2 aromatic heterocycles. The fraction of sp³-hybridized carbons (Fsp3) is 0. The number of thiophene rings is 1. The van der Waals surface area contributed by atoms with E-state index >= 15 is 0 Å². The SMILES string of the molecule is O=C(N/N=C\C=C\c1ccccc1)c1cc(-c2ccc(Br)s2)[nH]n1. The molecule has 0 spiro atoms. The molecule has 0 unspecified atom stereocenters. The smallest absolute Gasteiger partial charge is 0.276 e. The Morgan fingerprint density at radius 2 is 2.08 bits per heavy atom. The van der Waals surface area contributed by atoms with Gasteiger partial charge in [-0.05, 0) is 45.8 Å². The summed E-state index contributed by atoms with van der Waals surface area (Å²) < 4.78 is 1.02. The van der Waals surface area contributed by atoms with Gasteiger partial charge in [0.15, 0.2) is 5.69 Å². The van der Waals surface area contributed by atoms with Crippen LogP contribution in [0.4, 0.5) is 0 Å². The first kappa shape index (κ1) is 16.4. The second kappa shape index (κ2) is 7.85. The highest BCUT2D eigenvalue weighted by Gasteiger charge is 2.11. The Balaban J connectivity index is 1.56.